The summed E-state index contributed by atoms with van der Waals surface area (Å²) in [6, 6.07) is 99.9. The Morgan fingerprint density at radius 2 is 0.663 bits per heavy atom. The van der Waals surface area contributed by atoms with Gasteiger partial charge in [0.25, 0.3) is 0 Å². The number of para-hydroxylation sites is 1. The fraction of sp³-hybridized carbons (Fsp3) is 0. The van der Waals surface area contributed by atoms with Crippen molar-refractivity contribution in [3.63, 3.8) is 0 Å². The molecular weight excluding hydrogens is 1010 g/mol. The van der Waals surface area contributed by atoms with E-state index in [1.807, 2.05) is 78.9 Å². The topological polar surface area (TPSA) is 85.5 Å². The van der Waals surface area contributed by atoms with E-state index in [1.165, 1.54) is 0 Å². The zero-order chi connectivity index (χ0) is 55.0. The Bertz CT molecular complexity index is 4990. The Labute approximate surface area is 477 Å². The average Bonchev–Trinajstić information content (AvgIpc) is 2.08. The van der Waals surface area contributed by atoms with Crippen molar-refractivity contribution in [2.75, 3.05) is 0 Å². The molecule has 4 aromatic heterocycles. The number of hydrogen-bond acceptors (Lipinski definition) is 5. The molecule has 7 heteroatoms. The van der Waals surface area contributed by atoms with Crippen LogP contribution in [0.4, 0.5) is 0 Å². The molecule has 0 amide bonds. The third-order valence-corrected chi connectivity index (χ3v) is 16.2. The number of furan rings is 1. The van der Waals surface area contributed by atoms with Gasteiger partial charge in [-0.2, -0.15) is 5.26 Å². The highest BCUT2D eigenvalue weighted by atomic mass is 16.3. The van der Waals surface area contributed by atoms with Crippen molar-refractivity contribution >= 4 is 65.6 Å². The van der Waals surface area contributed by atoms with Crippen LogP contribution in [-0.2, 0) is 0 Å². The maximum absolute atomic E-state index is 11.9. The van der Waals surface area contributed by atoms with Gasteiger partial charge < -0.3 is 13.6 Å². The van der Waals surface area contributed by atoms with Crippen molar-refractivity contribution < 1.29 is 4.42 Å². The van der Waals surface area contributed by atoms with Gasteiger partial charge in [-0.1, -0.05) is 218 Å². The Hall–Kier alpha value is -11.5. The molecule has 4 heterocycles. The fourth-order valence-electron chi connectivity index (χ4n) is 12.3. The van der Waals surface area contributed by atoms with Crippen molar-refractivity contribution in [1.29, 1.82) is 5.26 Å². The SMILES string of the molecule is N#Cc1cc(-n2c3ccc(-c4ccccc4)cc3c3cc(-c4ccccc4)ccc32)c2c(oc3c(-c4nc(-c5ccccc5)nc(-c5ccccc5)n4)cccc32)c1-n1c2ccc(-c3ccccc3)cc2c2cc(-c3ccccc3)ccc21. The second-order valence-electron chi connectivity index (χ2n) is 21.0. The molecule has 0 fully saturated rings. The normalized spacial score (nSPS) is 11.6. The minimum Gasteiger partial charge on any atom is -0.453 e. The summed E-state index contributed by atoms with van der Waals surface area (Å²) in [6.07, 6.45) is 0. The molecule has 0 unspecified atom stereocenters. The molecule has 7 nitrogen and oxygen atoms in total. The monoisotopic (exact) mass is 1060 g/mol. The quantitative estimate of drug-likeness (QED) is 0.144. The first-order valence-corrected chi connectivity index (χ1v) is 27.8. The zero-order valence-electron chi connectivity index (χ0n) is 44.6. The van der Waals surface area contributed by atoms with E-state index >= 15 is 0 Å². The number of rotatable bonds is 9. The Morgan fingerprint density at radius 1 is 0.301 bits per heavy atom. The predicted octanol–water partition coefficient (Wildman–Crippen LogP) is 19.5. The molecule has 0 spiro atoms. The molecule has 16 rings (SSSR count). The summed E-state index contributed by atoms with van der Waals surface area (Å²) in [5.41, 5.74) is 18.2. The molecule has 0 saturated carbocycles. The van der Waals surface area contributed by atoms with Crippen LogP contribution in [0, 0.1) is 11.3 Å². The highest BCUT2D eigenvalue weighted by Crippen LogP contribution is 2.48. The summed E-state index contributed by atoms with van der Waals surface area (Å²) >= 11 is 0. The predicted molar refractivity (Wildman–Crippen MR) is 339 cm³/mol. The third-order valence-electron chi connectivity index (χ3n) is 16.2. The maximum atomic E-state index is 11.9. The molecular formula is C76H46N6O. The minimum atomic E-state index is 0.445. The molecule has 0 atom stereocenters. The van der Waals surface area contributed by atoms with Gasteiger partial charge in [0, 0.05) is 38.1 Å². The Morgan fingerprint density at radius 3 is 1.05 bits per heavy atom. The molecule has 83 heavy (non-hydrogen) atoms. The van der Waals surface area contributed by atoms with Crippen LogP contribution < -0.4 is 0 Å². The first-order valence-electron chi connectivity index (χ1n) is 27.8. The zero-order valence-corrected chi connectivity index (χ0v) is 44.6. The molecule has 386 valence electrons. The van der Waals surface area contributed by atoms with Crippen LogP contribution in [0.2, 0.25) is 0 Å². The van der Waals surface area contributed by atoms with E-state index in [9.17, 15) is 5.26 Å². The van der Waals surface area contributed by atoms with E-state index < -0.39 is 0 Å². The number of nitriles is 1. The summed E-state index contributed by atoms with van der Waals surface area (Å²) in [6.45, 7) is 0. The second-order valence-corrected chi connectivity index (χ2v) is 21.0. The molecule has 0 aliphatic heterocycles. The summed E-state index contributed by atoms with van der Waals surface area (Å²) in [7, 11) is 0. The Kier molecular flexibility index (Phi) is 11.1. The standard InChI is InChI=1S/C76H46N6O/c77-47-58-46-69(81-65-38-34-54(48-20-7-1-8-21-48)42-61(65)62-43-55(35-39-66(62)81)49-22-9-2-10-23-49)70-59-32-19-33-60(76-79-74(52-28-15-5-16-29-52)78-75(80-76)53-30-17-6-18-31-53)72(59)83-73(70)71(58)82-67-40-36-56(50-24-11-3-12-25-50)44-63(67)64-45-57(37-41-68(64)82)51-26-13-4-14-27-51/h1-46H. The van der Waals surface area contributed by atoms with Crippen LogP contribution in [0.15, 0.2) is 283 Å². The van der Waals surface area contributed by atoms with E-state index in [2.05, 4.69) is 215 Å². The number of benzene rings is 12. The van der Waals surface area contributed by atoms with Crippen molar-refractivity contribution in [2.45, 2.75) is 0 Å². The Balaban J connectivity index is 1.04. The van der Waals surface area contributed by atoms with Crippen molar-refractivity contribution in [3.8, 4) is 96.1 Å². The maximum Gasteiger partial charge on any atom is 0.167 e. The molecule has 0 bridgehead atoms. The fourth-order valence-corrected chi connectivity index (χ4v) is 12.3. The first-order chi connectivity index (χ1) is 41.1. The van der Waals surface area contributed by atoms with Gasteiger partial charge in [0.1, 0.15) is 17.3 Å². The van der Waals surface area contributed by atoms with Gasteiger partial charge >= 0.3 is 0 Å². The van der Waals surface area contributed by atoms with E-state index in [0.29, 0.717) is 45.5 Å². The van der Waals surface area contributed by atoms with Gasteiger partial charge in [-0.15, -0.1) is 0 Å². The van der Waals surface area contributed by atoms with E-state index in [4.69, 9.17) is 19.4 Å². The lowest BCUT2D eigenvalue weighted by molar-refractivity contribution is 0.666. The smallest absolute Gasteiger partial charge is 0.167 e. The van der Waals surface area contributed by atoms with E-state index in [0.717, 1.165) is 116 Å². The van der Waals surface area contributed by atoms with Crippen LogP contribution in [0.25, 0.3) is 156 Å². The lowest BCUT2D eigenvalue weighted by Crippen LogP contribution is -2.03. The van der Waals surface area contributed by atoms with Crippen molar-refractivity contribution in [1.82, 2.24) is 24.1 Å². The van der Waals surface area contributed by atoms with E-state index in [-0.39, 0.29) is 0 Å². The van der Waals surface area contributed by atoms with Crippen molar-refractivity contribution in [3.05, 3.63) is 285 Å². The number of aromatic nitrogens is 5. The van der Waals surface area contributed by atoms with Crippen LogP contribution in [0.1, 0.15) is 5.56 Å². The largest absolute Gasteiger partial charge is 0.453 e. The van der Waals surface area contributed by atoms with Gasteiger partial charge in [0.15, 0.2) is 23.1 Å². The third kappa shape index (κ3) is 7.92. The highest BCUT2D eigenvalue weighted by molar-refractivity contribution is 6.20. The summed E-state index contributed by atoms with van der Waals surface area (Å²) in [4.78, 5) is 15.6. The average molecular weight is 1060 g/mol. The number of hydrogen-bond donors (Lipinski definition) is 0. The van der Waals surface area contributed by atoms with Crippen LogP contribution in [-0.4, -0.2) is 24.1 Å². The van der Waals surface area contributed by atoms with Gasteiger partial charge in [-0.05, 0) is 105 Å². The van der Waals surface area contributed by atoms with Crippen LogP contribution >= 0.6 is 0 Å². The molecule has 16 aromatic rings. The van der Waals surface area contributed by atoms with Crippen molar-refractivity contribution in [2.24, 2.45) is 0 Å². The molecule has 0 N–H and O–H groups in total. The van der Waals surface area contributed by atoms with Crippen LogP contribution in [0.3, 0.4) is 0 Å². The van der Waals surface area contributed by atoms with Crippen LogP contribution in [0.5, 0.6) is 0 Å². The summed E-state index contributed by atoms with van der Waals surface area (Å²) in [5.74, 6) is 1.55. The summed E-state index contributed by atoms with van der Waals surface area (Å²) in [5, 5.41) is 17.9. The summed E-state index contributed by atoms with van der Waals surface area (Å²) < 4.78 is 12.2. The molecule has 12 aromatic carbocycles. The van der Waals surface area contributed by atoms with Gasteiger partial charge in [-0.3, -0.25) is 0 Å². The first kappa shape index (κ1) is 47.5. The van der Waals surface area contributed by atoms with Gasteiger partial charge in [0.2, 0.25) is 0 Å². The lowest BCUT2D eigenvalue weighted by atomic mass is 10.0. The number of nitrogens with zero attached hydrogens (tertiary/aromatic N) is 6. The van der Waals surface area contributed by atoms with Gasteiger partial charge in [-0.25, -0.2) is 15.0 Å². The van der Waals surface area contributed by atoms with E-state index in [1.54, 1.807) is 0 Å². The minimum absolute atomic E-state index is 0.445. The highest BCUT2D eigenvalue weighted by Gasteiger charge is 2.29. The lowest BCUT2D eigenvalue weighted by Gasteiger charge is -2.16. The molecule has 0 saturated heterocycles. The molecule has 0 aliphatic rings. The van der Waals surface area contributed by atoms with Gasteiger partial charge in [0.05, 0.1) is 44.3 Å². The molecule has 0 aliphatic carbocycles. The second kappa shape index (κ2) is 19.4. The molecule has 0 radical (unpaired) electrons. The number of fused-ring (bicyclic) bond motifs is 9.